The van der Waals surface area contributed by atoms with E-state index in [0.29, 0.717) is 37.1 Å². The first kappa shape index (κ1) is 23.5. The van der Waals surface area contributed by atoms with E-state index in [-0.39, 0.29) is 23.6 Å². The van der Waals surface area contributed by atoms with Crippen LogP contribution in [-0.2, 0) is 4.79 Å². The van der Waals surface area contributed by atoms with Gasteiger partial charge in [-0.15, -0.1) is 0 Å². The maximum Gasteiger partial charge on any atom is 0.253 e. The fraction of sp³-hybridized carbons (Fsp3) is 0.423. The first-order valence-corrected chi connectivity index (χ1v) is 12.4. The molecule has 0 spiro atoms. The molecule has 2 heterocycles. The van der Waals surface area contributed by atoms with Gasteiger partial charge in [0.1, 0.15) is 6.04 Å². The Bertz CT molecular complexity index is 1030. The van der Waals surface area contributed by atoms with E-state index in [1.54, 1.807) is 6.07 Å². The molecular formula is C26H30BrN3O3. The van der Waals surface area contributed by atoms with Crippen molar-refractivity contribution in [2.45, 2.75) is 38.6 Å². The molecule has 2 aromatic carbocycles. The van der Waals surface area contributed by atoms with Gasteiger partial charge in [-0.25, -0.2) is 0 Å². The summed E-state index contributed by atoms with van der Waals surface area (Å²) >= 11 is 3.43. The molecule has 33 heavy (non-hydrogen) atoms. The number of halogens is 1. The lowest BCUT2D eigenvalue weighted by Crippen LogP contribution is -2.54. The molecule has 2 aliphatic heterocycles. The zero-order valence-corrected chi connectivity index (χ0v) is 20.5. The Balaban J connectivity index is 1.47. The van der Waals surface area contributed by atoms with Crippen molar-refractivity contribution in [1.82, 2.24) is 15.1 Å². The van der Waals surface area contributed by atoms with Gasteiger partial charge >= 0.3 is 0 Å². The Morgan fingerprint density at radius 1 is 0.939 bits per heavy atom. The molecule has 0 aliphatic carbocycles. The third-order valence-corrected chi connectivity index (χ3v) is 7.22. The standard InChI is InChI=1S/C26H30BrN3O3/c1-18-7-2-3-10-22(18)24(31)28-23(26(33)29-13-4-5-14-29)19-11-15-30(16-12-19)25(32)20-8-6-9-21(27)17-20/h2-3,6-10,17,19,23H,4-5,11-16H2,1H3,(H,28,31). The second kappa shape index (κ2) is 10.5. The van der Waals surface area contributed by atoms with Gasteiger partial charge in [0.25, 0.3) is 11.8 Å². The Morgan fingerprint density at radius 2 is 1.64 bits per heavy atom. The molecule has 7 heteroatoms. The summed E-state index contributed by atoms with van der Waals surface area (Å²) in [7, 11) is 0. The molecule has 2 aliphatic rings. The molecule has 2 fully saturated rings. The second-order valence-electron chi connectivity index (χ2n) is 8.94. The van der Waals surface area contributed by atoms with Crippen molar-refractivity contribution in [2.24, 2.45) is 5.92 Å². The number of hydrogen-bond acceptors (Lipinski definition) is 3. The summed E-state index contributed by atoms with van der Waals surface area (Å²) < 4.78 is 0.874. The monoisotopic (exact) mass is 511 g/mol. The number of amides is 3. The summed E-state index contributed by atoms with van der Waals surface area (Å²) in [4.78, 5) is 43.1. The smallest absolute Gasteiger partial charge is 0.253 e. The van der Waals surface area contributed by atoms with Crippen LogP contribution in [0.2, 0.25) is 0 Å². The highest BCUT2D eigenvalue weighted by Gasteiger charge is 2.37. The first-order chi connectivity index (χ1) is 15.9. The first-order valence-electron chi connectivity index (χ1n) is 11.6. The van der Waals surface area contributed by atoms with E-state index in [4.69, 9.17) is 0 Å². The molecule has 2 aromatic rings. The van der Waals surface area contributed by atoms with E-state index in [2.05, 4.69) is 21.2 Å². The summed E-state index contributed by atoms with van der Waals surface area (Å²) in [6.07, 6.45) is 3.36. The van der Waals surface area contributed by atoms with Gasteiger partial charge in [0.2, 0.25) is 5.91 Å². The van der Waals surface area contributed by atoms with Gasteiger partial charge < -0.3 is 15.1 Å². The molecular weight excluding hydrogens is 482 g/mol. The number of carbonyl (C=O) groups is 3. The summed E-state index contributed by atoms with van der Waals surface area (Å²) in [5, 5.41) is 3.06. The highest BCUT2D eigenvalue weighted by molar-refractivity contribution is 9.10. The molecule has 0 saturated carbocycles. The number of benzene rings is 2. The minimum Gasteiger partial charge on any atom is -0.341 e. The SMILES string of the molecule is Cc1ccccc1C(=O)NC(C(=O)N1CCCC1)C1CCN(C(=O)c2cccc(Br)c2)CC1. The number of carbonyl (C=O) groups excluding carboxylic acids is 3. The molecule has 0 radical (unpaired) electrons. The largest absolute Gasteiger partial charge is 0.341 e. The van der Waals surface area contributed by atoms with Gasteiger partial charge in [-0.1, -0.05) is 40.2 Å². The van der Waals surface area contributed by atoms with Crippen LogP contribution in [-0.4, -0.2) is 59.7 Å². The van der Waals surface area contributed by atoms with E-state index in [9.17, 15) is 14.4 Å². The molecule has 3 amide bonds. The van der Waals surface area contributed by atoms with Crippen molar-refractivity contribution in [2.75, 3.05) is 26.2 Å². The maximum atomic E-state index is 13.4. The van der Waals surface area contributed by atoms with Gasteiger partial charge in [0.05, 0.1) is 0 Å². The fourth-order valence-corrected chi connectivity index (χ4v) is 5.20. The number of hydrogen-bond donors (Lipinski definition) is 1. The normalized spacial score (nSPS) is 17.6. The lowest BCUT2D eigenvalue weighted by molar-refractivity contribution is -0.134. The average Bonchev–Trinajstić information content (AvgIpc) is 3.37. The minimum absolute atomic E-state index is 0.00103. The number of rotatable bonds is 5. The molecule has 1 N–H and O–H groups in total. The van der Waals surface area contributed by atoms with Crippen molar-refractivity contribution in [3.05, 3.63) is 69.7 Å². The van der Waals surface area contributed by atoms with Gasteiger partial charge in [-0.2, -0.15) is 0 Å². The number of piperidine rings is 1. The summed E-state index contributed by atoms with van der Waals surface area (Å²) in [5.74, 6) is -0.205. The molecule has 0 bridgehead atoms. The number of aryl methyl sites for hydroxylation is 1. The molecule has 1 atom stereocenters. The quantitative estimate of drug-likeness (QED) is 0.658. The number of nitrogens with zero attached hydrogens (tertiary/aromatic N) is 2. The van der Waals surface area contributed by atoms with E-state index in [0.717, 1.165) is 36.0 Å². The molecule has 6 nitrogen and oxygen atoms in total. The molecule has 2 saturated heterocycles. The minimum atomic E-state index is -0.571. The van der Waals surface area contributed by atoms with Crippen molar-refractivity contribution >= 4 is 33.7 Å². The highest BCUT2D eigenvalue weighted by atomic mass is 79.9. The van der Waals surface area contributed by atoms with Crippen LogP contribution in [0.1, 0.15) is 52.0 Å². The predicted molar refractivity (Wildman–Crippen MR) is 131 cm³/mol. The lowest BCUT2D eigenvalue weighted by atomic mass is 9.87. The van der Waals surface area contributed by atoms with E-state index < -0.39 is 6.04 Å². The van der Waals surface area contributed by atoms with Crippen LogP contribution >= 0.6 is 15.9 Å². The van der Waals surface area contributed by atoms with Crippen LogP contribution < -0.4 is 5.32 Å². The van der Waals surface area contributed by atoms with Crippen molar-refractivity contribution < 1.29 is 14.4 Å². The number of nitrogens with one attached hydrogen (secondary N) is 1. The van der Waals surface area contributed by atoms with Crippen LogP contribution in [0.3, 0.4) is 0 Å². The van der Waals surface area contributed by atoms with E-state index in [1.807, 2.05) is 59.2 Å². The molecule has 1 unspecified atom stereocenters. The molecule has 4 rings (SSSR count). The van der Waals surface area contributed by atoms with Gasteiger partial charge in [-0.05, 0) is 68.4 Å². The zero-order valence-electron chi connectivity index (χ0n) is 18.9. The van der Waals surface area contributed by atoms with Gasteiger partial charge in [0.15, 0.2) is 0 Å². The fourth-order valence-electron chi connectivity index (χ4n) is 4.80. The number of likely N-dealkylation sites (tertiary alicyclic amines) is 2. The summed E-state index contributed by atoms with van der Waals surface area (Å²) in [5.41, 5.74) is 2.14. The van der Waals surface area contributed by atoms with Crippen molar-refractivity contribution in [1.29, 1.82) is 0 Å². The van der Waals surface area contributed by atoms with Crippen LogP contribution in [0.25, 0.3) is 0 Å². The summed E-state index contributed by atoms with van der Waals surface area (Å²) in [6.45, 7) is 4.53. The van der Waals surface area contributed by atoms with Gasteiger partial charge in [-0.3, -0.25) is 14.4 Å². The Kier molecular flexibility index (Phi) is 7.48. The topological polar surface area (TPSA) is 69.7 Å². The summed E-state index contributed by atoms with van der Waals surface area (Å²) in [6, 6.07) is 14.3. The van der Waals surface area contributed by atoms with Crippen LogP contribution in [0.5, 0.6) is 0 Å². The molecule has 0 aromatic heterocycles. The molecule has 174 valence electrons. The third-order valence-electron chi connectivity index (χ3n) is 6.73. The van der Waals surface area contributed by atoms with Crippen molar-refractivity contribution in [3.63, 3.8) is 0 Å². The average molecular weight is 512 g/mol. The maximum absolute atomic E-state index is 13.4. The highest BCUT2D eigenvalue weighted by Crippen LogP contribution is 2.25. The van der Waals surface area contributed by atoms with Crippen molar-refractivity contribution in [3.8, 4) is 0 Å². The van der Waals surface area contributed by atoms with E-state index in [1.165, 1.54) is 0 Å². The van der Waals surface area contributed by atoms with E-state index >= 15 is 0 Å². The predicted octanol–water partition coefficient (Wildman–Crippen LogP) is 4.03. The Hall–Kier alpha value is -2.67. The lowest BCUT2D eigenvalue weighted by Gasteiger charge is -2.37. The van der Waals surface area contributed by atoms with Gasteiger partial charge in [0, 0.05) is 41.8 Å². The second-order valence-corrected chi connectivity index (χ2v) is 9.85. The van der Waals surface area contributed by atoms with Crippen LogP contribution in [0, 0.1) is 12.8 Å². The third kappa shape index (κ3) is 5.46. The Morgan fingerprint density at radius 3 is 2.30 bits per heavy atom. The Labute approximate surface area is 203 Å². The van der Waals surface area contributed by atoms with Crippen LogP contribution in [0.4, 0.5) is 0 Å². The van der Waals surface area contributed by atoms with Crippen LogP contribution in [0.15, 0.2) is 53.0 Å². The zero-order chi connectivity index (χ0) is 23.4.